The average molecular weight is 659 g/mol. The highest BCUT2D eigenvalue weighted by Crippen LogP contribution is 2.38. The second-order valence-electron chi connectivity index (χ2n) is 12.8. The number of carbonyl (C=O) groups is 2. The minimum atomic E-state index is -0.499. The second-order valence-corrected chi connectivity index (χ2v) is 15.0. The Morgan fingerprint density at radius 2 is 1.39 bits per heavy atom. The fourth-order valence-electron chi connectivity index (χ4n) is 5.71. The minimum absolute atomic E-state index is 0.00408. The van der Waals surface area contributed by atoms with Gasteiger partial charge in [-0.05, 0) is 53.4 Å². The molecule has 1 aliphatic heterocycles. The lowest BCUT2D eigenvalue weighted by atomic mass is 10.0. The molecule has 8 nitrogen and oxygen atoms in total. The van der Waals surface area contributed by atoms with Gasteiger partial charge in [0, 0.05) is 25.5 Å². The maximum absolute atomic E-state index is 13.0. The molecule has 3 atom stereocenters. The van der Waals surface area contributed by atoms with Crippen molar-refractivity contribution in [3.63, 3.8) is 0 Å². The van der Waals surface area contributed by atoms with Crippen molar-refractivity contribution in [1.82, 2.24) is 19.8 Å². The highest BCUT2D eigenvalue weighted by atomic mass is 32.1. The Labute approximate surface area is 280 Å². The van der Waals surface area contributed by atoms with Gasteiger partial charge in [0.1, 0.15) is 10.0 Å². The van der Waals surface area contributed by atoms with Gasteiger partial charge in [-0.15, -0.1) is 22.7 Å². The normalized spacial score (nSPS) is 16.3. The summed E-state index contributed by atoms with van der Waals surface area (Å²) in [7, 11) is 0. The number of benzene rings is 2. The smallest absolute Gasteiger partial charge is 0.240 e. The lowest BCUT2D eigenvalue weighted by Crippen LogP contribution is -2.46. The zero-order valence-electron chi connectivity index (χ0n) is 27.5. The number of rotatable bonds is 12. The zero-order valence-corrected chi connectivity index (χ0v) is 29.1. The molecule has 1 aliphatic rings. The van der Waals surface area contributed by atoms with E-state index in [0.29, 0.717) is 13.1 Å². The first-order valence-corrected chi connectivity index (χ1v) is 17.9. The number of thiazole rings is 2. The molecule has 4 aromatic rings. The minimum Gasteiger partial charge on any atom is -0.335 e. The van der Waals surface area contributed by atoms with E-state index in [1.165, 1.54) is 0 Å². The molecule has 1 saturated heterocycles. The Hall–Kier alpha value is -3.44. The third-order valence-electron chi connectivity index (χ3n) is 8.71. The first-order chi connectivity index (χ1) is 22.1. The van der Waals surface area contributed by atoms with Crippen LogP contribution in [0.5, 0.6) is 0 Å². The van der Waals surface area contributed by atoms with E-state index in [0.717, 1.165) is 67.8 Å². The molecule has 3 heterocycles. The Kier molecular flexibility index (Phi) is 11.0. The highest BCUT2D eigenvalue weighted by molar-refractivity contribution is 7.15. The fourth-order valence-corrected chi connectivity index (χ4v) is 7.72. The molecule has 0 radical (unpaired) electrons. The summed E-state index contributed by atoms with van der Waals surface area (Å²) in [6, 6.07) is 16.1. The predicted molar refractivity (Wildman–Crippen MR) is 189 cm³/mol. The molecule has 10 heteroatoms. The van der Waals surface area contributed by atoms with E-state index in [9.17, 15) is 9.59 Å². The number of aromatic nitrogens is 2. The molecule has 1 fully saturated rings. The third-order valence-corrected chi connectivity index (χ3v) is 10.9. The van der Waals surface area contributed by atoms with Crippen molar-refractivity contribution in [1.29, 1.82) is 0 Å². The maximum atomic E-state index is 13.0. The molecular weight excluding hydrogens is 613 g/mol. The molecule has 3 unspecified atom stereocenters. The number of amides is 2. The fraction of sp³-hybridized carbons (Fsp3) is 0.444. The van der Waals surface area contributed by atoms with Gasteiger partial charge in [0.25, 0.3) is 0 Å². The van der Waals surface area contributed by atoms with Crippen molar-refractivity contribution in [3.05, 3.63) is 70.9 Å². The van der Waals surface area contributed by atoms with Gasteiger partial charge < -0.3 is 21.3 Å². The SMILES string of the molecule is CCCN(Cc1ncc(-c2ccc(-c3ccc(-c4cnc(C5CCCN5C(=O)C(N)C(C)C)s4)cc3)cc2)s1)C(=O)C(N)C(C)C. The Balaban J connectivity index is 1.24. The summed E-state index contributed by atoms with van der Waals surface area (Å²) >= 11 is 3.27. The van der Waals surface area contributed by atoms with Crippen LogP contribution >= 0.6 is 22.7 Å². The molecule has 244 valence electrons. The van der Waals surface area contributed by atoms with E-state index >= 15 is 0 Å². The van der Waals surface area contributed by atoms with Gasteiger partial charge >= 0.3 is 0 Å². The lowest BCUT2D eigenvalue weighted by Gasteiger charge is -2.27. The molecule has 0 spiro atoms. The van der Waals surface area contributed by atoms with Crippen LogP contribution in [0.25, 0.3) is 32.0 Å². The first kappa shape index (κ1) is 33.9. The number of hydrogen-bond donors (Lipinski definition) is 2. The lowest BCUT2D eigenvalue weighted by molar-refractivity contribution is -0.135. The quantitative estimate of drug-likeness (QED) is 0.170. The van der Waals surface area contributed by atoms with Crippen molar-refractivity contribution in [2.24, 2.45) is 23.3 Å². The summed E-state index contributed by atoms with van der Waals surface area (Å²) in [5.41, 5.74) is 16.8. The maximum Gasteiger partial charge on any atom is 0.240 e. The van der Waals surface area contributed by atoms with Crippen molar-refractivity contribution in [2.75, 3.05) is 13.1 Å². The molecule has 5 rings (SSSR count). The van der Waals surface area contributed by atoms with Crippen molar-refractivity contribution in [3.8, 4) is 32.0 Å². The highest BCUT2D eigenvalue weighted by Gasteiger charge is 2.35. The largest absolute Gasteiger partial charge is 0.335 e. The Bertz CT molecular complexity index is 1610. The number of likely N-dealkylation sites (tertiary alicyclic amines) is 1. The molecule has 0 aliphatic carbocycles. The molecule has 2 amide bonds. The van der Waals surface area contributed by atoms with Crippen LogP contribution in [0.1, 0.15) is 69.9 Å². The number of nitrogens with zero attached hydrogens (tertiary/aromatic N) is 4. The molecule has 2 aromatic heterocycles. The summed E-state index contributed by atoms with van der Waals surface area (Å²) in [6.45, 7) is 11.9. The van der Waals surface area contributed by atoms with Crippen LogP contribution < -0.4 is 11.5 Å². The monoisotopic (exact) mass is 658 g/mol. The van der Waals surface area contributed by atoms with Crippen LogP contribution in [0.3, 0.4) is 0 Å². The number of carbonyl (C=O) groups excluding carboxylic acids is 2. The van der Waals surface area contributed by atoms with Gasteiger partial charge in [-0.25, -0.2) is 9.97 Å². The van der Waals surface area contributed by atoms with Gasteiger partial charge in [0.15, 0.2) is 0 Å². The van der Waals surface area contributed by atoms with Crippen molar-refractivity contribution >= 4 is 34.5 Å². The molecule has 0 bridgehead atoms. The van der Waals surface area contributed by atoms with E-state index in [-0.39, 0.29) is 29.7 Å². The standard InChI is InChI=1S/C36H46N6O2S2/c1-6-17-41(35(43)32(37)22(2)3)21-31-39-19-29(45-31)26-13-9-24(10-14-26)25-11-15-27(16-12-25)30-20-40-34(46-30)28-8-7-18-42(28)36(44)33(38)23(4)5/h9-16,19-20,22-23,28,32-33H,6-8,17-18,21,37-38H2,1-5H3. The summed E-state index contributed by atoms with van der Waals surface area (Å²) in [5, 5.41) is 1.89. The molecule has 0 saturated carbocycles. The van der Waals surface area contributed by atoms with Gasteiger partial charge in [-0.3, -0.25) is 9.59 Å². The molecular formula is C36H46N6O2S2. The molecule has 2 aromatic carbocycles. The van der Waals surface area contributed by atoms with Crippen LogP contribution in [0, 0.1) is 11.8 Å². The van der Waals surface area contributed by atoms with E-state index < -0.39 is 12.1 Å². The summed E-state index contributed by atoms with van der Waals surface area (Å²) in [4.78, 5) is 41.2. The van der Waals surface area contributed by atoms with Crippen LogP contribution in [0.4, 0.5) is 0 Å². The Morgan fingerprint density at radius 1 is 0.848 bits per heavy atom. The van der Waals surface area contributed by atoms with Crippen LogP contribution in [0.15, 0.2) is 60.9 Å². The van der Waals surface area contributed by atoms with Gasteiger partial charge in [0.2, 0.25) is 11.8 Å². The summed E-state index contributed by atoms with van der Waals surface area (Å²) in [5.74, 6) is 0.210. The van der Waals surface area contributed by atoms with Crippen LogP contribution in [-0.4, -0.2) is 56.8 Å². The Morgan fingerprint density at radius 3 is 1.96 bits per heavy atom. The van der Waals surface area contributed by atoms with E-state index in [2.05, 4.69) is 60.4 Å². The van der Waals surface area contributed by atoms with Crippen LogP contribution in [0.2, 0.25) is 0 Å². The summed E-state index contributed by atoms with van der Waals surface area (Å²) in [6.07, 6.45) is 6.58. The summed E-state index contributed by atoms with van der Waals surface area (Å²) < 4.78 is 0. The van der Waals surface area contributed by atoms with Crippen molar-refractivity contribution < 1.29 is 9.59 Å². The molecule has 4 N–H and O–H groups in total. The number of nitrogens with two attached hydrogens (primary N) is 2. The van der Waals surface area contributed by atoms with E-state index in [1.54, 1.807) is 22.7 Å². The second kappa shape index (κ2) is 15.0. The van der Waals surface area contributed by atoms with Crippen molar-refractivity contribution in [2.45, 2.75) is 78.6 Å². The van der Waals surface area contributed by atoms with Gasteiger partial charge in [-0.1, -0.05) is 83.1 Å². The predicted octanol–water partition coefficient (Wildman–Crippen LogP) is 6.97. The zero-order chi connectivity index (χ0) is 33.0. The van der Waals surface area contributed by atoms with Gasteiger partial charge in [-0.2, -0.15) is 0 Å². The topological polar surface area (TPSA) is 118 Å². The number of hydrogen-bond acceptors (Lipinski definition) is 8. The third kappa shape index (κ3) is 7.57. The van der Waals surface area contributed by atoms with Gasteiger partial charge in [0.05, 0.1) is 34.4 Å². The molecule has 46 heavy (non-hydrogen) atoms. The van der Waals surface area contributed by atoms with E-state index in [4.69, 9.17) is 16.5 Å². The van der Waals surface area contributed by atoms with E-state index in [1.807, 2.05) is 49.9 Å². The average Bonchev–Trinajstić information content (AvgIpc) is 3.84. The van der Waals surface area contributed by atoms with Crippen LogP contribution in [-0.2, 0) is 16.1 Å². The first-order valence-electron chi connectivity index (χ1n) is 16.3.